The lowest BCUT2D eigenvalue weighted by molar-refractivity contribution is 0.0718. The van der Waals surface area contributed by atoms with Gasteiger partial charge in [0.2, 0.25) is 0 Å². The fraction of sp³-hybridized carbons (Fsp3) is 0.111. The number of aryl methyl sites for hydroxylation is 13. The van der Waals surface area contributed by atoms with Crippen LogP contribution in [-0.2, 0) is 0 Å². The molecule has 133 heavy (non-hydrogen) atoms. The average Bonchev–Trinajstić information content (AvgIpc) is 0.839. The molecule has 0 saturated heterocycles. The van der Waals surface area contributed by atoms with E-state index in [0.717, 1.165) is 66.8 Å². The minimum Gasteiger partial charge on any atom is -0.423 e. The summed E-state index contributed by atoms with van der Waals surface area (Å²) in [6, 6.07) is 116. The highest BCUT2D eigenvalue weighted by Crippen LogP contribution is 2.30. The second-order valence-corrected chi connectivity index (χ2v) is 31.8. The van der Waals surface area contributed by atoms with Crippen LogP contribution in [-0.4, -0.2) is 47.8 Å². The molecule has 0 atom stereocenters. The number of esters is 8. The largest absolute Gasteiger partial charge is 0.423 e. The molecule has 0 unspecified atom stereocenters. The molecule has 16 aromatic rings. The summed E-state index contributed by atoms with van der Waals surface area (Å²) in [6.45, 7) is 25.7. The fourth-order valence-electron chi connectivity index (χ4n) is 12.3. The lowest BCUT2D eigenvalue weighted by atomic mass is 10.0. The Labute approximate surface area is 776 Å². The Kier molecular flexibility index (Phi) is 34.9. The van der Waals surface area contributed by atoms with Crippen LogP contribution in [0.3, 0.4) is 0 Å². The summed E-state index contributed by atoms with van der Waals surface area (Å²) in [5, 5.41) is 0. The van der Waals surface area contributed by atoms with E-state index in [1.807, 2.05) is 215 Å². The number of hydrogen-bond acceptors (Lipinski definition) is 16. The first-order valence-electron chi connectivity index (χ1n) is 43.0. The highest BCUT2D eigenvalue weighted by Gasteiger charge is 2.18. The molecule has 16 aromatic carbocycles. The molecule has 0 aliphatic heterocycles. The highest BCUT2D eigenvalue weighted by atomic mass is 16.6. The molecule has 0 saturated carbocycles. The van der Waals surface area contributed by atoms with Crippen LogP contribution in [0.4, 0.5) is 0 Å². The molecule has 666 valence electrons. The van der Waals surface area contributed by atoms with E-state index in [1.165, 1.54) is 22.3 Å². The zero-order valence-electron chi connectivity index (χ0n) is 76.4. The van der Waals surface area contributed by atoms with Crippen molar-refractivity contribution in [2.75, 3.05) is 0 Å². The molecule has 0 N–H and O–H groups in total. The van der Waals surface area contributed by atoms with E-state index in [-0.39, 0.29) is 11.9 Å². The van der Waals surface area contributed by atoms with Crippen molar-refractivity contribution in [3.8, 4) is 68.2 Å². The molecule has 0 heterocycles. The zero-order chi connectivity index (χ0) is 94.9. The maximum absolute atomic E-state index is 12.3. The summed E-state index contributed by atoms with van der Waals surface area (Å²) in [4.78, 5) is 96.7. The van der Waals surface area contributed by atoms with Crippen LogP contribution in [0.5, 0.6) is 46.0 Å². The third kappa shape index (κ3) is 31.0. The Bertz CT molecular complexity index is 6250. The maximum Gasteiger partial charge on any atom is 0.343 e. The van der Waals surface area contributed by atoms with Crippen molar-refractivity contribution in [2.45, 2.75) is 90.0 Å². The molecule has 0 radical (unpaired) electrons. The van der Waals surface area contributed by atoms with Gasteiger partial charge in [-0.1, -0.05) is 261 Å². The van der Waals surface area contributed by atoms with E-state index in [2.05, 4.69) is 62.4 Å². The number of carbonyl (C=O) groups is 8. The normalized spacial score (nSPS) is 10.2. The molecule has 0 bridgehead atoms. The summed E-state index contributed by atoms with van der Waals surface area (Å²) >= 11 is 0. The first kappa shape index (κ1) is 96.9. The van der Waals surface area contributed by atoms with E-state index in [9.17, 15) is 38.4 Å². The summed E-state index contributed by atoms with van der Waals surface area (Å²) < 4.78 is 42.9. The molecule has 0 aliphatic rings. The Morgan fingerprint density at radius 2 is 0.256 bits per heavy atom. The van der Waals surface area contributed by atoms with Crippen LogP contribution in [0, 0.1) is 90.0 Å². The standard InChI is InChI=1S/C28H22O4.C23H20O4.C22H18O4.2C15H14O2.C14H14/c1-19-3-7-23(8-4-19)27(29)31-25-15-11-21(12-16-25)22-13-17-26(18-14-22)32-28(30)24-9-5-20(2)6-10-24;1-15-4-8-18(9-5-15)22(24)26-20-12-13-21(17(3)14-20)27-23(25)19-10-6-16(2)7-11-19;1-15-3-7-17(8-4-15)21(23)25-19-11-13-20(14-12-19)26-22(24)18-9-5-16(2)6-10-18;2*1-11-3-7-13(8-4-11)15(16)17-14-9-5-12(2)6-10-14;1-11-3-7-13(8-4-11)14-9-5-12(2)6-10-14/h3-18H,1-2H3;4-14H,1-3H3;3-14H,1-2H3;2*3-10H,1-2H3;3-10H,1-2H3. The van der Waals surface area contributed by atoms with Crippen LogP contribution >= 0.6 is 0 Å². The van der Waals surface area contributed by atoms with E-state index < -0.39 is 35.8 Å². The quantitative estimate of drug-likeness (QED) is 0.0577. The van der Waals surface area contributed by atoms with Crippen LogP contribution < -0.4 is 37.9 Å². The minimum atomic E-state index is -0.436. The molecule has 0 aliphatic carbocycles. The number of rotatable bonds is 18. The molecule has 0 amide bonds. The molecular formula is C117H102O16. The lowest BCUT2D eigenvalue weighted by Crippen LogP contribution is -2.10. The fourth-order valence-corrected chi connectivity index (χ4v) is 12.3. The van der Waals surface area contributed by atoms with Gasteiger partial charge in [-0.25, -0.2) is 38.4 Å². The molecular weight excluding hydrogens is 1660 g/mol. The first-order valence-corrected chi connectivity index (χ1v) is 43.0. The zero-order valence-corrected chi connectivity index (χ0v) is 76.4. The summed E-state index contributed by atoms with van der Waals surface area (Å²) in [7, 11) is 0. The van der Waals surface area contributed by atoms with Crippen molar-refractivity contribution in [1.82, 2.24) is 0 Å². The van der Waals surface area contributed by atoms with Gasteiger partial charge in [-0.15, -0.1) is 0 Å². The Balaban J connectivity index is 0.000000157. The van der Waals surface area contributed by atoms with Crippen molar-refractivity contribution in [2.24, 2.45) is 0 Å². The van der Waals surface area contributed by atoms with Gasteiger partial charge in [-0.3, -0.25) is 0 Å². The first-order chi connectivity index (χ1) is 64.0. The molecule has 16 nitrogen and oxygen atoms in total. The third-order valence-electron chi connectivity index (χ3n) is 20.5. The molecule has 0 aromatic heterocycles. The van der Waals surface area contributed by atoms with Crippen LogP contribution in [0.15, 0.2) is 382 Å². The van der Waals surface area contributed by atoms with Gasteiger partial charge in [0.1, 0.15) is 46.0 Å². The Morgan fingerprint density at radius 3 is 0.429 bits per heavy atom. The van der Waals surface area contributed by atoms with Gasteiger partial charge < -0.3 is 37.9 Å². The second-order valence-electron chi connectivity index (χ2n) is 31.8. The van der Waals surface area contributed by atoms with Crippen molar-refractivity contribution >= 4 is 47.8 Å². The number of carbonyl (C=O) groups excluding carboxylic acids is 8. The van der Waals surface area contributed by atoms with Crippen LogP contribution in [0.1, 0.15) is 155 Å². The van der Waals surface area contributed by atoms with Gasteiger partial charge in [0.05, 0.1) is 44.5 Å². The smallest absolute Gasteiger partial charge is 0.343 e. The van der Waals surface area contributed by atoms with Gasteiger partial charge >= 0.3 is 47.8 Å². The van der Waals surface area contributed by atoms with E-state index in [0.29, 0.717) is 96.1 Å². The van der Waals surface area contributed by atoms with Gasteiger partial charge in [-0.2, -0.15) is 0 Å². The molecule has 0 fully saturated rings. The predicted molar refractivity (Wildman–Crippen MR) is 522 cm³/mol. The van der Waals surface area contributed by atoms with Crippen molar-refractivity contribution in [3.63, 3.8) is 0 Å². The topological polar surface area (TPSA) is 210 Å². The Hall–Kier alpha value is -16.7. The van der Waals surface area contributed by atoms with E-state index in [4.69, 9.17) is 37.9 Å². The average molecular weight is 1760 g/mol. The highest BCUT2D eigenvalue weighted by molar-refractivity contribution is 5.96. The summed E-state index contributed by atoms with van der Waals surface area (Å²) in [5.41, 5.74) is 22.8. The number of benzene rings is 16. The molecule has 16 rings (SSSR count). The van der Waals surface area contributed by atoms with Crippen LogP contribution in [0.25, 0.3) is 22.3 Å². The third-order valence-corrected chi connectivity index (χ3v) is 20.5. The van der Waals surface area contributed by atoms with Gasteiger partial charge in [0.25, 0.3) is 0 Å². The molecule has 0 spiro atoms. The van der Waals surface area contributed by atoms with Crippen molar-refractivity contribution in [3.05, 3.63) is 499 Å². The molecule has 16 heteroatoms. The number of ether oxygens (including phenoxy) is 8. The van der Waals surface area contributed by atoms with Crippen LogP contribution in [0.2, 0.25) is 0 Å². The SMILES string of the molecule is Cc1ccc(-c2ccc(C)cc2)cc1.Cc1ccc(C(=O)Oc2ccc(-c3ccc(OC(=O)c4ccc(C)cc4)cc3)cc2)cc1.Cc1ccc(C(=O)Oc2ccc(OC(=O)c3ccc(C)cc3)c(C)c2)cc1.Cc1ccc(C(=O)Oc2ccc(OC(=O)c3ccc(C)cc3)cc2)cc1.Cc1ccc(OC(=O)c2ccc(C)cc2)cc1.Cc1ccc(OC(=O)c2ccc(C)cc2)cc1. The van der Waals surface area contributed by atoms with Gasteiger partial charge in [0.15, 0.2) is 0 Å². The Morgan fingerprint density at radius 1 is 0.135 bits per heavy atom. The summed E-state index contributed by atoms with van der Waals surface area (Å²) in [6.07, 6.45) is 0. The monoisotopic (exact) mass is 1760 g/mol. The lowest BCUT2D eigenvalue weighted by Gasteiger charge is -2.10. The summed E-state index contributed by atoms with van der Waals surface area (Å²) in [5.74, 6) is 0.511. The second kappa shape index (κ2) is 47.9. The van der Waals surface area contributed by atoms with Gasteiger partial charge in [0, 0.05) is 0 Å². The predicted octanol–water partition coefficient (Wildman–Crippen LogP) is 27.2. The van der Waals surface area contributed by atoms with Crippen molar-refractivity contribution < 1.29 is 76.3 Å². The van der Waals surface area contributed by atoms with Gasteiger partial charge in [-0.05, 0) is 306 Å². The maximum atomic E-state index is 12.3. The minimum absolute atomic E-state index is 0.325. The van der Waals surface area contributed by atoms with Crippen molar-refractivity contribution in [1.29, 1.82) is 0 Å². The van der Waals surface area contributed by atoms with E-state index in [1.54, 1.807) is 195 Å². The van der Waals surface area contributed by atoms with E-state index >= 15 is 0 Å². The number of hydrogen-bond donors (Lipinski definition) is 0.